The lowest BCUT2D eigenvalue weighted by atomic mass is 9.91. The number of likely N-dealkylation sites (tertiary alicyclic amines) is 1. The number of ether oxygens (including phenoxy) is 4. The molecule has 1 aliphatic carbocycles. The van der Waals surface area contributed by atoms with E-state index in [4.69, 9.17) is 26.8 Å². The number of carbonyl (C=O) groups excluding carboxylic acids is 1. The Morgan fingerprint density at radius 3 is 2.73 bits per heavy atom. The topological polar surface area (TPSA) is 69.3 Å². The molecule has 1 saturated carbocycles. The van der Waals surface area contributed by atoms with Gasteiger partial charge in [0.2, 0.25) is 0 Å². The number of amides is 1. The van der Waals surface area contributed by atoms with Gasteiger partial charge in [0.15, 0.2) is 11.5 Å². The Labute approximate surface area is 199 Å². The molecule has 1 aromatic carbocycles. The summed E-state index contributed by atoms with van der Waals surface area (Å²) in [7, 11) is 8.79. The molecule has 1 N–H and O–H groups in total. The van der Waals surface area contributed by atoms with Gasteiger partial charge in [-0.2, -0.15) is 0 Å². The number of hydrogen-bond donors (Lipinski definition) is 1. The number of alkyl carbamates (subject to hydrolysis) is 1. The van der Waals surface area contributed by atoms with E-state index in [0.29, 0.717) is 25.5 Å². The first-order valence-corrected chi connectivity index (χ1v) is 12.4. The van der Waals surface area contributed by atoms with E-state index in [9.17, 15) is 4.79 Å². The van der Waals surface area contributed by atoms with Crippen LogP contribution in [0.15, 0.2) is 18.2 Å². The standard InChI is InChI=1S/C25H39BN2O5/c1-30-23-10-9-19(17-24(23)31-2)12-16-32-22-8-4-3-7-21(22)28-15-11-20(18-28)33-25(29)27-14-6-5-13-26/h9-10,17,20-22H,3-8,11-16,18H2,1-2H3,(H,27,29)/t20-,21-,22-/m1/s1. The molecular weight excluding hydrogens is 419 g/mol. The van der Waals surface area contributed by atoms with Gasteiger partial charge in [-0.05, 0) is 49.8 Å². The van der Waals surface area contributed by atoms with Crippen molar-refractivity contribution in [3.63, 3.8) is 0 Å². The van der Waals surface area contributed by atoms with Crippen molar-refractivity contribution in [2.24, 2.45) is 0 Å². The van der Waals surface area contributed by atoms with Crippen molar-refractivity contribution in [3.05, 3.63) is 23.8 Å². The molecule has 0 unspecified atom stereocenters. The number of methoxy groups -OCH3 is 2. The van der Waals surface area contributed by atoms with Crippen molar-refractivity contribution in [2.75, 3.05) is 40.5 Å². The van der Waals surface area contributed by atoms with Crippen molar-refractivity contribution in [2.45, 2.75) is 75.9 Å². The molecule has 0 aromatic heterocycles. The van der Waals surface area contributed by atoms with Crippen molar-refractivity contribution in [3.8, 4) is 11.5 Å². The van der Waals surface area contributed by atoms with Crippen LogP contribution in [0.1, 0.15) is 50.5 Å². The summed E-state index contributed by atoms with van der Waals surface area (Å²) in [6.07, 6.45) is 8.67. The maximum Gasteiger partial charge on any atom is 0.407 e. The number of hydrogen-bond acceptors (Lipinski definition) is 6. The van der Waals surface area contributed by atoms with E-state index in [1.54, 1.807) is 14.2 Å². The van der Waals surface area contributed by atoms with E-state index < -0.39 is 0 Å². The lowest BCUT2D eigenvalue weighted by Gasteiger charge is -2.37. The Bertz CT molecular complexity index is 735. The summed E-state index contributed by atoms with van der Waals surface area (Å²) in [6, 6.07) is 6.41. The van der Waals surface area contributed by atoms with Crippen LogP contribution in [0.5, 0.6) is 11.5 Å². The van der Waals surface area contributed by atoms with Crippen molar-refractivity contribution >= 4 is 13.9 Å². The summed E-state index contributed by atoms with van der Waals surface area (Å²) in [6.45, 7) is 3.03. The van der Waals surface area contributed by atoms with Crippen LogP contribution in [-0.4, -0.2) is 77.5 Å². The SMILES string of the molecule is [B]CCCCNC(=O)O[C@@H]1CCN([C@@H]2CCCC[C@H]2OCCc2ccc(OC)c(OC)c2)C1. The van der Waals surface area contributed by atoms with Gasteiger partial charge in [0.1, 0.15) is 6.10 Å². The third-order valence-electron chi connectivity index (χ3n) is 6.66. The van der Waals surface area contributed by atoms with Gasteiger partial charge in [0, 0.05) is 25.7 Å². The molecule has 7 nitrogen and oxygen atoms in total. The van der Waals surface area contributed by atoms with Crippen LogP contribution < -0.4 is 14.8 Å². The predicted molar refractivity (Wildman–Crippen MR) is 130 cm³/mol. The first kappa shape index (κ1) is 25.7. The Hall–Kier alpha value is -1.93. The number of unbranched alkanes of at least 4 members (excludes halogenated alkanes) is 1. The highest BCUT2D eigenvalue weighted by Crippen LogP contribution is 2.30. The van der Waals surface area contributed by atoms with E-state index >= 15 is 0 Å². The molecule has 182 valence electrons. The molecule has 1 heterocycles. The average molecular weight is 458 g/mol. The fourth-order valence-electron chi connectivity index (χ4n) is 4.86. The van der Waals surface area contributed by atoms with Gasteiger partial charge in [0.25, 0.3) is 0 Å². The quantitative estimate of drug-likeness (QED) is 0.380. The van der Waals surface area contributed by atoms with Gasteiger partial charge in [0.05, 0.1) is 34.8 Å². The molecule has 1 aromatic rings. The van der Waals surface area contributed by atoms with Crippen molar-refractivity contribution < 1.29 is 23.7 Å². The minimum atomic E-state index is -0.315. The van der Waals surface area contributed by atoms with E-state index in [1.165, 1.54) is 18.4 Å². The first-order chi connectivity index (χ1) is 16.1. The molecule has 2 fully saturated rings. The summed E-state index contributed by atoms with van der Waals surface area (Å²) in [4.78, 5) is 14.5. The molecule has 1 amide bonds. The van der Waals surface area contributed by atoms with Crippen LogP contribution >= 0.6 is 0 Å². The van der Waals surface area contributed by atoms with Crippen molar-refractivity contribution in [1.82, 2.24) is 10.2 Å². The summed E-state index contributed by atoms with van der Waals surface area (Å²) in [5.41, 5.74) is 1.17. The Morgan fingerprint density at radius 2 is 1.94 bits per heavy atom. The zero-order chi connectivity index (χ0) is 23.5. The van der Waals surface area contributed by atoms with E-state index in [-0.39, 0.29) is 18.3 Å². The van der Waals surface area contributed by atoms with Gasteiger partial charge in [-0.15, -0.1) is 0 Å². The van der Waals surface area contributed by atoms with Gasteiger partial charge >= 0.3 is 6.09 Å². The molecular formula is C25H39BN2O5. The maximum atomic E-state index is 12.0. The van der Waals surface area contributed by atoms with Crippen LogP contribution in [0.2, 0.25) is 6.32 Å². The summed E-state index contributed by atoms with van der Waals surface area (Å²) >= 11 is 0. The largest absolute Gasteiger partial charge is 0.493 e. The van der Waals surface area contributed by atoms with Crippen LogP contribution in [0.3, 0.4) is 0 Å². The van der Waals surface area contributed by atoms with Gasteiger partial charge in [-0.25, -0.2) is 4.79 Å². The zero-order valence-electron chi connectivity index (χ0n) is 20.2. The monoisotopic (exact) mass is 458 g/mol. The zero-order valence-corrected chi connectivity index (χ0v) is 20.2. The highest BCUT2D eigenvalue weighted by molar-refractivity contribution is 6.08. The lowest BCUT2D eigenvalue weighted by molar-refractivity contribution is -0.0319. The van der Waals surface area contributed by atoms with Crippen LogP contribution in [-0.2, 0) is 15.9 Å². The highest BCUT2D eigenvalue weighted by Gasteiger charge is 2.36. The minimum Gasteiger partial charge on any atom is -0.493 e. The van der Waals surface area contributed by atoms with E-state index in [0.717, 1.165) is 63.1 Å². The van der Waals surface area contributed by atoms with Crippen LogP contribution in [0.25, 0.3) is 0 Å². The second-order valence-electron chi connectivity index (χ2n) is 8.93. The number of nitrogens with one attached hydrogen (secondary N) is 1. The number of nitrogens with zero attached hydrogens (tertiary/aromatic N) is 1. The fraction of sp³-hybridized carbons (Fsp3) is 0.720. The molecule has 1 aliphatic heterocycles. The fourth-order valence-corrected chi connectivity index (χ4v) is 4.86. The lowest BCUT2D eigenvalue weighted by Crippen LogP contribution is -2.46. The molecule has 3 atom stereocenters. The summed E-state index contributed by atoms with van der Waals surface area (Å²) in [5, 5.41) is 2.83. The average Bonchev–Trinajstić information content (AvgIpc) is 3.30. The molecule has 2 radical (unpaired) electrons. The molecule has 8 heteroatoms. The van der Waals surface area contributed by atoms with Gasteiger partial charge < -0.3 is 24.3 Å². The van der Waals surface area contributed by atoms with E-state index in [1.807, 2.05) is 12.1 Å². The first-order valence-electron chi connectivity index (χ1n) is 12.4. The third kappa shape index (κ3) is 7.82. The summed E-state index contributed by atoms with van der Waals surface area (Å²) in [5.74, 6) is 1.49. The van der Waals surface area contributed by atoms with Crippen LogP contribution in [0, 0.1) is 0 Å². The normalized spacial score (nSPS) is 23.3. The smallest absolute Gasteiger partial charge is 0.407 e. The van der Waals surface area contributed by atoms with Crippen molar-refractivity contribution in [1.29, 1.82) is 0 Å². The minimum absolute atomic E-state index is 0.0474. The van der Waals surface area contributed by atoms with E-state index in [2.05, 4.69) is 16.3 Å². The van der Waals surface area contributed by atoms with Crippen LogP contribution in [0.4, 0.5) is 4.79 Å². The number of benzene rings is 1. The second-order valence-corrected chi connectivity index (χ2v) is 8.93. The molecule has 0 spiro atoms. The molecule has 33 heavy (non-hydrogen) atoms. The Balaban J connectivity index is 1.44. The molecule has 0 bridgehead atoms. The number of rotatable bonds is 12. The number of carbonyl (C=O) groups is 1. The molecule has 3 rings (SSSR count). The highest BCUT2D eigenvalue weighted by atomic mass is 16.6. The predicted octanol–water partition coefficient (Wildman–Crippen LogP) is 3.74. The van der Waals surface area contributed by atoms with Gasteiger partial charge in [-0.1, -0.05) is 31.6 Å². The second kappa shape index (κ2) is 13.7. The maximum absolute atomic E-state index is 12.0. The third-order valence-corrected chi connectivity index (χ3v) is 6.66. The Morgan fingerprint density at radius 1 is 1.12 bits per heavy atom. The Kier molecular flexibility index (Phi) is 10.7. The molecule has 1 saturated heterocycles. The molecule has 2 aliphatic rings. The summed E-state index contributed by atoms with van der Waals surface area (Å²) < 4.78 is 22.8. The van der Waals surface area contributed by atoms with Gasteiger partial charge in [-0.3, -0.25) is 4.90 Å².